The second kappa shape index (κ2) is 69.8. The zero-order chi connectivity index (χ0) is 59.2. The van der Waals surface area contributed by atoms with Crippen LogP contribution in [-0.2, 0) is 28.6 Å². The highest BCUT2D eigenvalue weighted by molar-refractivity contribution is 5.71. The number of ether oxygens (including phenoxy) is 3. The van der Waals surface area contributed by atoms with E-state index in [1.54, 1.807) is 0 Å². The lowest BCUT2D eigenvalue weighted by Gasteiger charge is -2.18. The van der Waals surface area contributed by atoms with Gasteiger partial charge in [-0.1, -0.05) is 336 Å². The van der Waals surface area contributed by atoms with Crippen molar-refractivity contribution in [2.45, 2.75) is 354 Å². The van der Waals surface area contributed by atoms with E-state index < -0.39 is 6.10 Å². The van der Waals surface area contributed by atoms with E-state index in [9.17, 15) is 14.4 Å². The summed E-state index contributed by atoms with van der Waals surface area (Å²) in [7, 11) is 0. The lowest BCUT2D eigenvalue weighted by atomic mass is 10.0. The second-order valence-corrected chi connectivity index (χ2v) is 23.4. The SMILES string of the molecule is CC/C=C\C/C=C\C/C=C\C/C=C\C/C=C\C/C=C\C/C=C\CCCC(=O)OC(COC(=O)CCCCCCC/C=C\CCC)COC(=O)CCCCCCCCCCCCCCCCCCCCCCCCCCCCCCCCC. The monoisotopic (exact) mass is 1140 g/mol. The third-order valence-corrected chi connectivity index (χ3v) is 15.3. The van der Waals surface area contributed by atoms with Gasteiger partial charge in [0.1, 0.15) is 13.2 Å². The highest BCUT2D eigenvalue weighted by Crippen LogP contribution is 2.18. The van der Waals surface area contributed by atoms with Gasteiger partial charge in [0.25, 0.3) is 0 Å². The molecule has 0 aromatic heterocycles. The number of carbonyl (C=O) groups excluding carboxylic acids is 3. The number of esters is 3. The van der Waals surface area contributed by atoms with Crippen LogP contribution in [0.15, 0.2) is 97.2 Å². The highest BCUT2D eigenvalue weighted by Gasteiger charge is 2.19. The maximum Gasteiger partial charge on any atom is 0.306 e. The standard InChI is InChI=1S/C76H132O6/c1-4-7-10-13-16-19-22-24-26-28-30-32-34-35-36-37-38-39-40-41-43-44-46-48-50-52-54-57-60-63-66-69-75(78)81-72-73(71-80-74(77)68-65-62-59-56-21-18-15-12-9-6-3)82-76(79)70-67-64-61-58-55-53-51-49-47-45-42-33-31-29-27-25-23-20-17-14-11-8-5-2/h8,11-12,15,17,20,25,27,31,33,45,47,51,53,58,61,73H,4-7,9-10,13-14,16,18-19,21-24,26,28-30,32,34-44,46,48-50,52,54-57,59-60,62-72H2,1-3H3/b11-8-,15-12-,20-17-,27-25-,33-31-,47-45-,53-51-,61-58-. The number of rotatable bonds is 64. The summed E-state index contributed by atoms with van der Waals surface area (Å²) in [6, 6.07) is 0. The van der Waals surface area contributed by atoms with E-state index in [0.29, 0.717) is 19.3 Å². The summed E-state index contributed by atoms with van der Waals surface area (Å²) >= 11 is 0. The predicted molar refractivity (Wildman–Crippen MR) is 357 cm³/mol. The van der Waals surface area contributed by atoms with Crippen molar-refractivity contribution in [3.8, 4) is 0 Å². The Hall–Kier alpha value is -3.67. The molecule has 0 aliphatic rings. The maximum atomic E-state index is 12.9. The number of unbranched alkanes of at least 4 members (excludes halogenated alkanes) is 37. The van der Waals surface area contributed by atoms with Crippen LogP contribution in [0.4, 0.5) is 0 Å². The predicted octanol–water partition coefficient (Wildman–Crippen LogP) is 24.4. The molecule has 0 radical (unpaired) electrons. The fourth-order valence-electron chi connectivity index (χ4n) is 10.1. The molecule has 0 bridgehead atoms. The van der Waals surface area contributed by atoms with Crippen molar-refractivity contribution in [2.24, 2.45) is 0 Å². The van der Waals surface area contributed by atoms with E-state index in [1.807, 2.05) is 0 Å². The van der Waals surface area contributed by atoms with Crippen molar-refractivity contribution in [1.29, 1.82) is 0 Å². The number of hydrogen-bond acceptors (Lipinski definition) is 6. The van der Waals surface area contributed by atoms with Gasteiger partial charge < -0.3 is 14.2 Å². The van der Waals surface area contributed by atoms with Gasteiger partial charge in [0.15, 0.2) is 6.10 Å². The molecule has 0 N–H and O–H groups in total. The van der Waals surface area contributed by atoms with E-state index in [1.165, 1.54) is 193 Å². The second-order valence-electron chi connectivity index (χ2n) is 23.4. The van der Waals surface area contributed by atoms with Gasteiger partial charge in [-0.15, -0.1) is 0 Å². The normalized spacial score (nSPS) is 12.7. The summed E-state index contributed by atoms with van der Waals surface area (Å²) in [6.07, 6.45) is 94.7. The molecule has 472 valence electrons. The van der Waals surface area contributed by atoms with Gasteiger partial charge in [-0.3, -0.25) is 14.4 Å². The van der Waals surface area contributed by atoms with Crippen LogP contribution in [-0.4, -0.2) is 37.2 Å². The third kappa shape index (κ3) is 67.1. The van der Waals surface area contributed by atoms with Crippen molar-refractivity contribution < 1.29 is 28.6 Å². The Kier molecular flexibility index (Phi) is 66.7. The minimum Gasteiger partial charge on any atom is -0.462 e. The van der Waals surface area contributed by atoms with Gasteiger partial charge in [-0.05, 0) is 89.9 Å². The first-order valence-corrected chi connectivity index (χ1v) is 35.2. The summed E-state index contributed by atoms with van der Waals surface area (Å²) in [5.74, 6) is -0.961. The molecule has 0 rings (SSSR count). The van der Waals surface area contributed by atoms with E-state index in [2.05, 4.69) is 118 Å². The van der Waals surface area contributed by atoms with Gasteiger partial charge in [0.05, 0.1) is 0 Å². The molecule has 0 amide bonds. The first kappa shape index (κ1) is 78.3. The van der Waals surface area contributed by atoms with Crippen LogP contribution in [0.2, 0.25) is 0 Å². The molecule has 0 aromatic rings. The smallest absolute Gasteiger partial charge is 0.306 e. The molecule has 0 aromatic carbocycles. The van der Waals surface area contributed by atoms with Crippen LogP contribution in [0, 0.1) is 0 Å². The summed E-state index contributed by atoms with van der Waals surface area (Å²) in [5, 5.41) is 0. The van der Waals surface area contributed by atoms with Gasteiger partial charge in [0, 0.05) is 19.3 Å². The van der Waals surface area contributed by atoms with Gasteiger partial charge in [0.2, 0.25) is 0 Å². The van der Waals surface area contributed by atoms with Crippen molar-refractivity contribution in [1.82, 2.24) is 0 Å². The Morgan fingerprint density at radius 3 is 0.841 bits per heavy atom. The largest absolute Gasteiger partial charge is 0.462 e. The minimum atomic E-state index is -0.812. The average molecular weight is 1140 g/mol. The Morgan fingerprint density at radius 1 is 0.256 bits per heavy atom. The van der Waals surface area contributed by atoms with Crippen LogP contribution >= 0.6 is 0 Å². The zero-order valence-electron chi connectivity index (χ0n) is 54.2. The van der Waals surface area contributed by atoms with Gasteiger partial charge in [-0.25, -0.2) is 0 Å². The highest BCUT2D eigenvalue weighted by atomic mass is 16.6. The molecule has 0 saturated heterocycles. The molecule has 0 aliphatic heterocycles. The van der Waals surface area contributed by atoms with Crippen molar-refractivity contribution in [3.05, 3.63) is 97.2 Å². The molecule has 0 aliphatic carbocycles. The Bertz CT molecular complexity index is 1590. The van der Waals surface area contributed by atoms with Crippen molar-refractivity contribution in [3.63, 3.8) is 0 Å². The molecular formula is C76H132O6. The van der Waals surface area contributed by atoms with Crippen LogP contribution in [0.3, 0.4) is 0 Å². The van der Waals surface area contributed by atoms with E-state index >= 15 is 0 Å². The quantitative estimate of drug-likeness (QED) is 0.0261. The van der Waals surface area contributed by atoms with Crippen molar-refractivity contribution in [2.75, 3.05) is 13.2 Å². The average Bonchev–Trinajstić information content (AvgIpc) is 3.47. The summed E-state index contributed by atoms with van der Waals surface area (Å²) < 4.78 is 16.9. The Balaban J connectivity index is 4.20. The van der Waals surface area contributed by atoms with Crippen LogP contribution in [0.5, 0.6) is 0 Å². The molecule has 1 unspecified atom stereocenters. The van der Waals surface area contributed by atoms with Gasteiger partial charge in [-0.2, -0.15) is 0 Å². The lowest BCUT2D eigenvalue weighted by molar-refractivity contribution is -0.167. The summed E-state index contributed by atoms with van der Waals surface area (Å²) in [6.45, 7) is 6.45. The third-order valence-electron chi connectivity index (χ3n) is 15.3. The zero-order valence-corrected chi connectivity index (χ0v) is 54.2. The maximum absolute atomic E-state index is 12.9. The molecule has 0 fully saturated rings. The molecule has 0 heterocycles. The summed E-state index contributed by atoms with van der Waals surface area (Å²) in [4.78, 5) is 38.3. The minimum absolute atomic E-state index is 0.101. The molecule has 6 heteroatoms. The Labute approximate surface area is 508 Å². The Morgan fingerprint density at radius 2 is 0.512 bits per heavy atom. The molecule has 82 heavy (non-hydrogen) atoms. The molecule has 1 atom stereocenters. The van der Waals surface area contributed by atoms with E-state index in [0.717, 1.165) is 109 Å². The molecule has 6 nitrogen and oxygen atoms in total. The fraction of sp³-hybridized carbons (Fsp3) is 0.750. The first-order valence-electron chi connectivity index (χ1n) is 35.2. The van der Waals surface area contributed by atoms with Crippen LogP contribution in [0.1, 0.15) is 348 Å². The molecular weight excluding hydrogens is 1010 g/mol. The first-order chi connectivity index (χ1) is 40.5. The van der Waals surface area contributed by atoms with Gasteiger partial charge >= 0.3 is 17.9 Å². The lowest BCUT2D eigenvalue weighted by Crippen LogP contribution is -2.30. The van der Waals surface area contributed by atoms with E-state index in [-0.39, 0.29) is 37.5 Å². The van der Waals surface area contributed by atoms with Crippen LogP contribution < -0.4 is 0 Å². The van der Waals surface area contributed by atoms with E-state index in [4.69, 9.17) is 14.2 Å². The number of carbonyl (C=O) groups is 3. The molecule has 0 spiro atoms. The molecule has 0 saturated carbocycles. The van der Waals surface area contributed by atoms with Crippen LogP contribution in [0.25, 0.3) is 0 Å². The topological polar surface area (TPSA) is 78.9 Å². The number of allylic oxidation sites excluding steroid dienone is 16. The summed E-state index contributed by atoms with van der Waals surface area (Å²) in [5.41, 5.74) is 0. The number of hydrogen-bond donors (Lipinski definition) is 0. The fourth-order valence-corrected chi connectivity index (χ4v) is 10.1. The van der Waals surface area contributed by atoms with Crippen molar-refractivity contribution >= 4 is 17.9 Å².